The Morgan fingerprint density at radius 1 is 1.29 bits per heavy atom. The Morgan fingerprint density at radius 3 is 2.67 bits per heavy atom. The summed E-state index contributed by atoms with van der Waals surface area (Å²) in [6, 6.07) is 8.48. The van der Waals surface area contributed by atoms with Gasteiger partial charge in [-0.2, -0.15) is 0 Å². The molecule has 0 saturated carbocycles. The van der Waals surface area contributed by atoms with Gasteiger partial charge in [-0.1, -0.05) is 0 Å². The van der Waals surface area contributed by atoms with Crippen molar-refractivity contribution in [1.82, 2.24) is 0 Å². The summed E-state index contributed by atoms with van der Waals surface area (Å²) in [5.74, 6) is 0.536. The van der Waals surface area contributed by atoms with Gasteiger partial charge in [-0.25, -0.2) is 4.39 Å². The molecule has 0 heterocycles. The maximum Gasteiger partial charge on any atom is 0.270 e. The van der Waals surface area contributed by atoms with E-state index in [1.165, 1.54) is 43.5 Å². The van der Waals surface area contributed by atoms with Crippen LogP contribution in [0.5, 0.6) is 11.5 Å². The molecule has 7 heteroatoms. The van der Waals surface area contributed by atoms with Gasteiger partial charge in [-0.05, 0) is 40.2 Å². The smallest absolute Gasteiger partial charge is 0.270 e. The zero-order chi connectivity index (χ0) is 15.4. The van der Waals surface area contributed by atoms with Crippen molar-refractivity contribution in [2.45, 2.75) is 6.61 Å². The number of ether oxygens (including phenoxy) is 2. The van der Waals surface area contributed by atoms with E-state index in [0.29, 0.717) is 17.1 Å². The van der Waals surface area contributed by atoms with Crippen molar-refractivity contribution < 1.29 is 18.8 Å². The summed E-state index contributed by atoms with van der Waals surface area (Å²) in [4.78, 5) is 10.3. The second-order valence-corrected chi connectivity index (χ2v) is 4.97. The van der Waals surface area contributed by atoms with Gasteiger partial charge in [0, 0.05) is 17.7 Å². The second kappa shape index (κ2) is 6.53. The maximum absolute atomic E-state index is 13.1. The minimum Gasteiger partial charge on any atom is -0.496 e. The van der Waals surface area contributed by atoms with E-state index in [9.17, 15) is 14.5 Å². The minimum atomic E-state index is -0.489. The molecule has 0 amide bonds. The van der Waals surface area contributed by atoms with Crippen molar-refractivity contribution in [1.29, 1.82) is 0 Å². The molecule has 0 radical (unpaired) electrons. The van der Waals surface area contributed by atoms with E-state index < -0.39 is 10.7 Å². The first-order valence-corrected chi connectivity index (χ1v) is 6.69. The van der Waals surface area contributed by atoms with Crippen LogP contribution in [0, 0.1) is 15.9 Å². The van der Waals surface area contributed by atoms with Crippen LogP contribution in [-0.4, -0.2) is 12.0 Å². The van der Waals surface area contributed by atoms with Crippen LogP contribution in [0.25, 0.3) is 0 Å². The number of non-ortho nitro benzene ring substituents is 1. The van der Waals surface area contributed by atoms with E-state index in [1.54, 1.807) is 0 Å². The van der Waals surface area contributed by atoms with Gasteiger partial charge in [0.2, 0.25) is 0 Å². The van der Waals surface area contributed by atoms with Gasteiger partial charge in [0.05, 0.1) is 16.5 Å². The average molecular weight is 356 g/mol. The zero-order valence-electron chi connectivity index (χ0n) is 11.0. The lowest BCUT2D eigenvalue weighted by Gasteiger charge is -2.10. The first-order valence-electron chi connectivity index (χ1n) is 5.90. The standard InChI is InChI=1S/C14H11BrFNO4/c1-20-14-5-2-10(17(18)19)6-9(14)8-21-11-3-4-13(16)12(15)7-11/h2-7H,8H2,1H3. The molecule has 0 unspecified atom stereocenters. The number of hydrogen-bond donors (Lipinski definition) is 0. The van der Waals surface area contributed by atoms with Crippen molar-refractivity contribution in [2.24, 2.45) is 0 Å². The van der Waals surface area contributed by atoms with Crippen LogP contribution in [0.2, 0.25) is 0 Å². The van der Waals surface area contributed by atoms with Gasteiger partial charge < -0.3 is 9.47 Å². The summed E-state index contributed by atoms with van der Waals surface area (Å²) in [6.45, 7) is 0.0723. The van der Waals surface area contributed by atoms with E-state index in [4.69, 9.17) is 9.47 Å². The fraction of sp³-hybridized carbons (Fsp3) is 0.143. The summed E-state index contributed by atoms with van der Waals surface area (Å²) in [7, 11) is 1.47. The van der Waals surface area contributed by atoms with Crippen LogP contribution in [-0.2, 0) is 6.61 Å². The Bertz CT molecular complexity index is 678. The molecular weight excluding hydrogens is 345 g/mol. The highest BCUT2D eigenvalue weighted by Crippen LogP contribution is 2.27. The molecule has 5 nitrogen and oxygen atoms in total. The van der Waals surface area contributed by atoms with Crippen LogP contribution in [0.4, 0.5) is 10.1 Å². The normalized spacial score (nSPS) is 10.2. The number of benzene rings is 2. The molecule has 0 aliphatic rings. The molecular formula is C14H11BrFNO4. The van der Waals surface area contributed by atoms with Crippen molar-refractivity contribution in [3.05, 3.63) is 62.4 Å². The SMILES string of the molecule is COc1ccc([N+](=O)[O-])cc1COc1ccc(F)c(Br)c1. The predicted molar refractivity (Wildman–Crippen MR) is 78.1 cm³/mol. The van der Waals surface area contributed by atoms with Gasteiger partial charge in [-0.15, -0.1) is 0 Å². The lowest BCUT2D eigenvalue weighted by atomic mass is 10.2. The van der Waals surface area contributed by atoms with E-state index in [2.05, 4.69) is 15.9 Å². The molecule has 110 valence electrons. The monoisotopic (exact) mass is 355 g/mol. The first kappa shape index (κ1) is 15.2. The van der Waals surface area contributed by atoms with Gasteiger partial charge in [0.25, 0.3) is 5.69 Å². The van der Waals surface area contributed by atoms with Crippen molar-refractivity contribution in [3.8, 4) is 11.5 Å². The van der Waals surface area contributed by atoms with Crippen molar-refractivity contribution >= 4 is 21.6 Å². The molecule has 2 aromatic carbocycles. The van der Waals surface area contributed by atoms with Gasteiger partial charge in [-0.3, -0.25) is 10.1 Å². The third-order valence-electron chi connectivity index (χ3n) is 2.76. The largest absolute Gasteiger partial charge is 0.496 e. The van der Waals surface area contributed by atoms with Crippen LogP contribution in [0.3, 0.4) is 0 Å². The molecule has 2 rings (SSSR count). The molecule has 0 aliphatic carbocycles. The summed E-state index contributed by atoms with van der Waals surface area (Å²) in [5.41, 5.74) is 0.488. The summed E-state index contributed by atoms with van der Waals surface area (Å²) < 4.78 is 24.1. The van der Waals surface area contributed by atoms with Crippen LogP contribution >= 0.6 is 15.9 Å². The van der Waals surface area contributed by atoms with Crippen molar-refractivity contribution in [3.63, 3.8) is 0 Å². The fourth-order valence-corrected chi connectivity index (χ4v) is 2.08. The molecule has 0 aliphatic heterocycles. The average Bonchev–Trinajstić information content (AvgIpc) is 2.48. The number of nitro benzene ring substituents is 1. The summed E-state index contributed by atoms with van der Waals surface area (Å²) in [5, 5.41) is 10.8. The molecule has 0 saturated heterocycles. The Hall–Kier alpha value is -2.15. The molecule has 0 atom stereocenters. The number of nitrogens with zero attached hydrogens (tertiary/aromatic N) is 1. The van der Waals surface area contributed by atoms with Gasteiger partial charge >= 0.3 is 0 Å². The summed E-state index contributed by atoms with van der Waals surface area (Å²) >= 11 is 3.06. The molecule has 21 heavy (non-hydrogen) atoms. The highest BCUT2D eigenvalue weighted by atomic mass is 79.9. The van der Waals surface area contributed by atoms with E-state index >= 15 is 0 Å². The Labute approximate surface area is 128 Å². The number of nitro groups is 1. The molecule has 0 spiro atoms. The summed E-state index contributed by atoms with van der Waals surface area (Å²) in [6.07, 6.45) is 0. The Kier molecular flexibility index (Phi) is 4.74. The quantitative estimate of drug-likeness (QED) is 0.598. The first-order chi connectivity index (χ1) is 10.0. The van der Waals surface area contributed by atoms with Crippen LogP contribution in [0.15, 0.2) is 40.9 Å². The van der Waals surface area contributed by atoms with Crippen LogP contribution < -0.4 is 9.47 Å². The number of methoxy groups -OCH3 is 1. The van der Waals surface area contributed by atoms with Gasteiger partial charge in [0.15, 0.2) is 0 Å². The number of rotatable bonds is 5. The minimum absolute atomic E-state index is 0.0466. The molecule has 0 N–H and O–H groups in total. The highest BCUT2D eigenvalue weighted by molar-refractivity contribution is 9.10. The van der Waals surface area contributed by atoms with E-state index in [0.717, 1.165) is 0 Å². The Morgan fingerprint density at radius 2 is 2.05 bits per heavy atom. The Balaban J connectivity index is 2.19. The lowest BCUT2D eigenvalue weighted by Crippen LogP contribution is -2.00. The number of hydrogen-bond acceptors (Lipinski definition) is 4. The molecule has 2 aromatic rings. The molecule has 0 aromatic heterocycles. The van der Waals surface area contributed by atoms with E-state index in [-0.39, 0.29) is 16.8 Å². The maximum atomic E-state index is 13.1. The van der Waals surface area contributed by atoms with Gasteiger partial charge in [0.1, 0.15) is 23.9 Å². The molecule has 0 fully saturated rings. The van der Waals surface area contributed by atoms with Crippen molar-refractivity contribution in [2.75, 3.05) is 7.11 Å². The lowest BCUT2D eigenvalue weighted by molar-refractivity contribution is -0.385. The highest BCUT2D eigenvalue weighted by Gasteiger charge is 2.12. The fourth-order valence-electron chi connectivity index (χ4n) is 1.72. The topological polar surface area (TPSA) is 61.6 Å². The number of halogens is 2. The molecule has 0 bridgehead atoms. The zero-order valence-corrected chi connectivity index (χ0v) is 12.6. The van der Waals surface area contributed by atoms with E-state index in [1.807, 2.05) is 0 Å². The van der Waals surface area contributed by atoms with Crippen LogP contribution in [0.1, 0.15) is 5.56 Å². The third kappa shape index (κ3) is 3.69. The third-order valence-corrected chi connectivity index (χ3v) is 3.37. The second-order valence-electron chi connectivity index (χ2n) is 4.12. The predicted octanol–water partition coefficient (Wildman–Crippen LogP) is 4.08.